The van der Waals surface area contributed by atoms with Crippen molar-refractivity contribution >= 4 is 29.1 Å². The van der Waals surface area contributed by atoms with Crippen LogP contribution in [0.3, 0.4) is 0 Å². The van der Waals surface area contributed by atoms with Gasteiger partial charge in [-0.1, -0.05) is 36.4 Å². The van der Waals surface area contributed by atoms with E-state index in [1.165, 1.54) is 0 Å². The predicted octanol–water partition coefficient (Wildman–Crippen LogP) is 2.50. The van der Waals surface area contributed by atoms with E-state index in [0.717, 1.165) is 29.4 Å². The van der Waals surface area contributed by atoms with Crippen LogP contribution >= 0.6 is 12.4 Å². The summed E-state index contributed by atoms with van der Waals surface area (Å²) >= 11 is 0. The lowest BCUT2D eigenvalue weighted by molar-refractivity contribution is -0.123. The average Bonchev–Trinajstić information content (AvgIpc) is 2.49. The van der Waals surface area contributed by atoms with Gasteiger partial charge in [0.15, 0.2) is 6.61 Å². The van der Waals surface area contributed by atoms with E-state index in [1.54, 1.807) is 0 Å². The highest BCUT2D eigenvalue weighted by Gasteiger charge is 2.05. The lowest BCUT2D eigenvalue weighted by atomic mass is 10.1. The SMILES string of the molecule is Cl.NCCCCNC(=O)COc1cccc2ccccc12. The number of benzene rings is 2. The maximum atomic E-state index is 11.6. The molecule has 114 valence electrons. The molecule has 0 bridgehead atoms. The number of unbranched alkanes of at least 4 members (excludes halogenated alkanes) is 1. The Labute approximate surface area is 131 Å². The average molecular weight is 309 g/mol. The second-order valence-electron chi connectivity index (χ2n) is 4.61. The van der Waals surface area contributed by atoms with Crippen LogP contribution in [0.4, 0.5) is 0 Å². The van der Waals surface area contributed by atoms with Crippen LogP contribution in [0, 0.1) is 0 Å². The summed E-state index contributed by atoms with van der Waals surface area (Å²) < 4.78 is 5.60. The molecule has 0 aromatic heterocycles. The summed E-state index contributed by atoms with van der Waals surface area (Å²) in [6.45, 7) is 1.34. The van der Waals surface area contributed by atoms with Gasteiger partial charge in [-0.15, -0.1) is 12.4 Å². The molecule has 21 heavy (non-hydrogen) atoms. The van der Waals surface area contributed by atoms with Gasteiger partial charge in [0.25, 0.3) is 5.91 Å². The molecular formula is C16H21ClN2O2. The molecule has 5 heteroatoms. The van der Waals surface area contributed by atoms with Crippen LogP contribution in [0.2, 0.25) is 0 Å². The zero-order valence-corrected chi connectivity index (χ0v) is 12.7. The van der Waals surface area contributed by atoms with Crippen molar-refractivity contribution in [1.82, 2.24) is 5.32 Å². The highest BCUT2D eigenvalue weighted by atomic mass is 35.5. The lowest BCUT2D eigenvalue weighted by Crippen LogP contribution is -2.29. The van der Waals surface area contributed by atoms with Crippen LogP contribution < -0.4 is 15.8 Å². The molecule has 0 saturated carbocycles. The monoisotopic (exact) mass is 308 g/mol. The number of ether oxygens (including phenoxy) is 1. The Morgan fingerprint density at radius 2 is 1.86 bits per heavy atom. The van der Waals surface area contributed by atoms with Crippen molar-refractivity contribution in [3.8, 4) is 5.75 Å². The number of halogens is 1. The second kappa shape index (κ2) is 9.21. The van der Waals surface area contributed by atoms with E-state index in [2.05, 4.69) is 5.32 Å². The Morgan fingerprint density at radius 1 is 1.10 bits per heavy atom. The fraction of sp³-hybridized carbons (Fsp3) is 0.312. The van der Waals surface area contributed by atoms with Crippen LogP contribution in [0.25, 0.3) is 10.8 Å². The van der Waals surface area contributed by atoms with Gasteiger partial charge >= 0.3 is 0 Å². The molecule has 0 spiro atoms. The third-order valence-electron chi connectivity index (χ3n) is 3.06. The van der Waals surface area contributed by atoms with E-state index in [4.69, 9.17) is 10.5 Å². The van der Waals surface area contributed by atoms with Gasteiger partial charge in [0.05, 0.1) is 0 Å². The van der Waals surface area contributed by atoms with Crippen LogP contribution in [-0.4, -0.2) is 25.6 Å². The second-order valence-corrected chi connectivity index (χ2v) is 4.61. The molecule has 0 heterocycles. The first-order chi connectivity index (χ1) is 9.81. The van der Waals surface area contributed by atoms with Gasteiger partial charge in [0, 0.05) is 11.9 Å². The molecule has 4 nitrogen and oxygen atoms in total. The molecular weight excluding hydrogens is 288 g/mol. The number of hydrogen-bond donors (Lipinski definition) is 2. The molecule has 1 amide bonds. The van der Waals surface area contributed by atoms with Crippen LogP contribution in [0.1, 0.15) is 12.8 Å². The van der Waals surface area contributed by atoms with Crippen molar-refractivity contribution in [1.29, 1.82) is 0 Å². The zero-order chi connectivity index (χ0) is 14.2. The van der Waals surface area contributed by atoms with Crippen molar-refractivity contribution in [3.63, 3.8) is 0 Å². The van der Waals surface area contributed by atoms with Gasteiger partial charge in [-0.3, -0.25) is 4.79 Å². The Hall–Kier alpha value is -1.78. The summed E-state index contributed by atoms with van der Waals surface area (Å²) in [5, 5.41) is 4.94. The Balaban J connectivity index is 0.00000220. The number of nitrogens with one attached hydrogen (secondary N) is 1. The molecule has 0 aliphatic carbocycles. The molecule has 0 fully saturated rings. The summed E-state index contributed by atoms with van der Waals surface area (Å²) in [5.74, 6) is 0.634. The van der Waals surface area contributed by atoms with Crippen molar-refractivity contribution in [3.05, 3.63) is 42.5 Å². The van der Waals surface area contributed by atoms with Crippen LogP contribution in [-0.2, 0) is 4.79 Å². The van der Waals surface area contributed by atoms with Crippen molar-refractivity contribution in [2.24, 2.45) is 5.73 Å². The third-order valence-corrected chi connectivity index (χ3v) is 3.06. The van der Waals surface area contributed by atoms with Crippen molar-refractivity contribution < 1.29 is 9.53 Å². The first-order valence-electron chi connectivity index (χ1n) is 6.88. The Bertz CT molecular complexity index is 570. The maximum absolute atomic E-state index is 11.6. The van der Waals surface area contributed by atoms with E-state index in [0.29, 0.717) is 13.1 Å². The minimum Gasteiger partial charge on any atom is -0.483 e. The zero-order valence-electron chi connectivity index (χ0n) is 11.9. The number of carbonyl (C=O) groups is 1. The highest BCUT2D eigenvalue weighted by Crippen LogP contribution is 2.24. The first-order valence-corrected chi connectivity index (χ1v) is 6.88. The maximum Gasteiger partial charge on any atom is 0.257 e. The smallest absolute Gasteiger partial charge is 0.257 e. The van der Waals surface area contributed by atoms with Gasteiger partial charge in [-0.25, -0.2) is 0 Å². The molecule has 0 unspecified atom stereocenters. The summed E-state index contributed by atoms with van der Waals surface area (Å²) in [6, 6.07) is 13.8. The number of amides is 1. The van der Waals surface area contributed by atoms with E-state index < -0.39 is 0 Å². The minimum atomic E-state index is -0.102. The largest absolute Gasteiger partial charge is 0.483 e. The van der Waals surface area contributed by atoms with Gasteiger partial charge < -0.3 is 15.8 Å². The van der Waals surface area contributed by atoms with E-state index in [9.17, 15) is 4.79 Å². The summed E-state index contributed by atoms with van der Waals surface area (Å²) in [5.41, 5.74) is 5.40. The quantitative estimate of drug-likeness (QED) is 0.772. The highest BCUT2D eigenvalue weighted by molar-refractivity contribution is 5.88. The molecule has 3 N–H and O–H groups in total. The first kappa shape index (κ1) is 17.3. The summed E-state index contributed by atoms with van der Waals surface area (Å²) in [7, 11) is 0. The van der Waals surface area contributed by atoms with Gasteiger partial charge in [-0.05, 0) is 30.8 Å². The molecule has 2 aromatic carbocycles. The Morgan fingerprint density at radius 3 is 2.67 bits per heavy atom. The lowest BCUT2D eigenvalue weighted by Gasteiger charge is -2.09. The van der Waals surface area contributed by atoms with Gasteiger partial charge in [-0.2, -0.15) is 0 Å². The van der Waals surface area contributed by atoms with E-state index >= 15 is 0 Å². The van der Waals surface area contributed by atoms with Gasteiger partial charge in [0.1, 0.15) is 5.75 Å². The normalized spacial score (nSPS) is 9.95. The number of hydrogen-bond acceptors (Lipinski definition) is 3. The topological polar surface area (TPSA) is 64.3 Å². The number of carbonyl (C=O) groups excluding carboxylic acids is 1. The Kier molecular flexibility index (Phi) is 7.58. The standard InChI is InChI=1S/C16H20N2O2.ClH/c17-10-3-4-11-18-16(19)12-20-15-9-5-7-13-6-1-2-8-14(13)15;/h1-2,5-9H,3-4,10-12,17H2,(H,18,19);1H. The molecule has 0 atom stereocenters. The van der Waals surface area contributed by atoms with Crippen molar-refractivity contribution in [2.45, 2.75) is 12.8 Å². The molecule has 2 rings (SSSR count). The number of rotatable bonds is 7. The number of fused-ring (bicyclic) bond motifs is 1. The summed E-state index contributed by atoms with van der Waals surface area (Å²) in [6.07, 6.45) is 1.82. The van der Waals surface area contributed by atoms with Crippen molar-refractivity contribution in [2.75, 3.05) is 19.7 Å². The third kappa shape index (κ3) is 5.25. The molecule has 0 aliphatic heterocycles. The molecule has 0 saturated heterocycles. The predicted molar refractivity (Wildman–Crippen MR) is 88.0 cm³/mol. The fourth-order valence-electron chi connectivity index (χ4n) is 2.01. The van der Waals surface area contributed by atoms with E-state index in [1.807, 2.05) is 42.5 Å². The molecule has 0 aliphatic rings. The fourth-order valence-corrected chi connectivity index (χ4v) is 2.01. The molecule has 2 aromatic rings. The minimum absolute atomic E-state index is 0. The van der Waals surface area contributed by atoms with Crippen LogP contribution in [0.5, 0.6) is 5.75 Å². The van der Waals surface area contributed by atoms with Crippen LogP contribution in [0.15, 0.2) is 42.5 Å². The molecule has 0 radical (unpaired) electrons. The summed E-state index contributed by atoms with van der Waals surface area (Å²) in [4.78, 5) is 11.6. The van der Waals surface area contributed by atoms with E-state index in [-0.39, 0.29) is 24.9 Å². The van der Waals surface area contributed by atoms with Gasteiger partial charge in [0.2, 0.25) is 0 Å². The number of nitrogens with two attached hydrogens (primary N) is 1.